The molecule has 0 unspecified atom stereocenters. The SMILES string of the molecule is CCOC(=O)C(=O)N1CCC2(CC1)CNc1ccc(CN)cc12. The molecule has 0 atom stereocenters. The quantitative estimate of drug-likeness (QED) is 0.628. The minimum atomic E-state index is -0.751. The number of hydrogen-bond donors (Lipinski definition) is 2. The summed E-state index contributed by atoms with van der Waals surface area (Å²) in [6.07, 6.45) is 1.68. The maximum Gasteiger partial charge on any atom is 0.397 e. The number of ether oxygens (including phenoxy) is 1. The van der Waals surface area contributed by atoms with Gasteiger partial charge in [0, 0.05) is 37.3 Å². The van der Waals surface area contributed by atoms with E-state index in [1.807, 2.05) is 6.07 Å². The second-order valence-electron chi connectivity index (χ2n) is 6.23. The van der Waals surface area contributed by atoms with Crippen LogP contribution >= 0.6 is 0 Å². The van der Waals surface area contributed by atoms with E-state index in [1.54, 1.807) is 11.8 Å². The van der Waals surface area contributed by atoms with Gasteiger partial charge in [-0.25, -0.2) is 4.79 Å². The van der Waals surface area contributed by atoms with Crippen molar-refractivity contribution in [2.75, 3.05) is 31.6 Å². The number of carbonyl (C=O) groups is 2. The second-order valence-corrected chi connectivity index (χ2v) is 6.23. The van der Waals surface area contributed by atoms with E-state index in [2.05, 4.69) is 17.4 Å². The molecule has 6 nitrogen and oxygen atoms in total. The molecular weight excluding hydrogens is 294 g/mol. The third-order valence-electron chi connectivity index (χ3n) is 4.97. The van der Waals surface area contributed by atoms with Gasteiger partial charge < -0.3 is 20.7 Å². The maximum atomic E-state index is 12.1. The van der Waals surface area contributed by atoms with Crippen molar-refractivity contribution in [2.24, 2.45) is 5.73 Å². The molecule has 1 spiro atoms. The Kier molecular flexibility index (Phi) is 4.26. The number of nitrogens with one attached hydrogen (secondary N) is 1. The number of esters is 1. The van der Waals surface area contributed by atoms with Gasteiger partial charge in [0.2, 0.25) is 0 Å². The van der Waals surface area contributed by atoms with E-state index in [0.717, 1.165) is 30.6 Å². The number of benzene rings is 1. The molecule has 3 N–H and O–H groups in total. The molecule has 2 aliphatic rings. The van der Waals surface area contributed by atoms with Gasteiger partial charge in [0.25, 0.3) is 0 Å². The van der Waals surface area contributed by atoms with Crippen LogP contribution < -0.4 is 11.1 Å². The summed E-state index contributed by atoms with van der Waals surface area (Å²) in [5.41, 5.74) is 9.37. The predicted molar refractivity (Wildman–Crippen MR) is 86.9 cm³/mol. The van der Waals surface area contributed by atoms with Gasteiger partial charge in [-0.1, -0.05) is 12.1 Å². The van der Waals surface area contributed by atoms with Gasteiger partial charge in [-0.05, 0) is 37.0 Å². The molecule has 0 aromatic heterocycles. The van der Waals surface area contributed by atoms with Gasteiger partial charge in [-0.2, -0.15) is 0 Å². The van der Waals surface area contributed by atoms with Crippen molar-refractivity contribution in [1.82, 2.24) is 4.90 Å². The number of nitrogens with zero attached hydrogens (tertiary/aromatic N) is 1. The van der Waals surface area contributed by atoms with Crippen LogP contribution in [0.4, 0.5) is 5.69 Å². The number of amides is 1. The van der Waals surface area contributed by atoms with E-state index in [9.17, 15) is 9.59 Å². The third-order valence-corrected chi connectivity index (χ3v) is 4.97. The van der Waals surface area contributed by atoms with Gasteiger partial charge in [0.05, 0.1) is 6.61 Å². The molecule has 1 aromatic carbocycles. The smallest absolute Gasteiger partial charge is 0.397 e. The van der Waals surface area contributed by atoms with E-state index >= 15 is 0 Å². The van der Waals surface area contributed by atoms with Gasteiger partial charge in [0.15, 0.2) is 0 Å². The second kappa shape index (κ2) is 6.20. The monoisotopic (exact) mass is 317 g/mol. The molecule has 124 valence electrons. The summed E-state index contributed by atoms with van der Waals surface area (Å²) in [7, 11) is 0. The van der Waals surface area contributed by atoms with E-state index in [0.29, 0.717) is 19.6 Å². The molecule has 0 saturated carbocycles. The maximum absolute atomic E-state index is 12.1. The van der Waals surface area contributed by atoms with Gasteiger partial charge in [-0.3, -0.25) is 4.79 Å². The summed E-state index contributed by atoms with van der Waals surface area (Å²) >= 11 is 0. The largest absolute Gasteiger partial charge is 0.459 e. The van der Waals surface area contributed by atoms with E-state index < -0.39 is 11.9 Å². The zero-order chi connectivity index (χ0) is 16.4. The molecule has 1 aromatic rings. The number of likely N-dealkylation sites (tertiary alicyclic amines) is 1. The highest BCUT2D eigenvalue weighted by Gasteiger charge is 2.43. The van der Waals surface area contributed by atoms with Crippen molar-refractivity contribution < 1.29 is 14.3 Å². The van der Waals surface area contributed by atoms with Gasteiger partial charge in [0.1, 0.15) is 0 Å². The molecule has 0 radical (unpaired) electrons. The van der Waals surface area contributed by atoms with Crippen LogP contribution in [0.15, 0.2) is 18.2 Å². The number of hydrogen-bond acceptors (Lipinski definition) is 5. The fraction of sp³-hybridized carbons (Fsp3) is 0.529. The normalized spacial score (nSPS) is 18.4. The molecule has 6 heteroatoms. The lowest BCUT2D eigenvalue weighted by Crippen LogP contribution is -2.48. The van der Waals surface area contributed by atoms with Crippen LogP contribution in [0.5, 0.6) is 0 Å². The lowest BCUT2D eigenvalue weighted by atomic mass is 9.74. The molecule has 1 amide bonds. The van der Waals surface area contributed by atoms with Crippen molar-refractivity contribution >= 4 is 17.6 Å². The standard InChI is InChI=1S/C17H23N3O3/c1-2-23-16(22)15(21)20-7-5-17(6-8-20)11-19-14-4-3-12(10-18)9-13(14)17/h3-4,9,19H,2,5-8,10-11,18H2,1H3. The molecular formula is C17H23N3O3. The zero-order valence-electron chi connectivity index (χ0n) is 13.4. The van der Waals surface area contributed by atoms with Crippen molar-refractivity contribution in [1.29, 1.82) is 0 Å². The van der Waals surface area contributed by atoms with E-state index in [-0.39, 0.29) is 12.0 Å². The fourth-order valence-corrected chi connectivity index (χ4v) is 3.58. The Balaban J connectivity index is 1.73. The van der Waals surface area contributed by atoms with Crippen LogP contribution in [-0.2, 0) is 26.3 Å². The summed E-state index contributed by atoms with van der Waals surface area (Å²) in [5.74, 6) is -1.28. The Hall–Kier alpha value is -2.08. The molecule has 2 heterocycles. The summed E-state index contributed by atoms with van der Waals surface area (Å²) < 4.78 is 4.80. The average molecular weight is 317 g/mol. The Bertz CT molecular complexity index is 622. The third kappa shape index (κ3) is 2.79. The highest BCUT2D eigenvalue weighted by Crippen LogP contribution is 2.44. The van der Waals surface area contributed by atoms with E-state index in [4.69, 9.17) is 10.5 Å². The first-order valence-corrected chi connectivity index (χ1v) is 8.13. The Morgan fingerprint density at radius 1 is 1.35 bits per heavy atom. The average Bonchev–Trinajstić information content (AvgIpc) is 2.93. The number of piperidine rings is 1. The number of nitrogens with two attached hydrogens (primary N) is 1. The first kappa shape index (κ1) is 15.8. The summed E-state index contributed by atoms with van der Waals surface area (Å²) in [6, 6.07) is 6.31. The molecule has 1 fully saturated rings. The van der Waals surface area contributed by atoms with Crippen LogP contribution in [-0.4, -0.2) is 43.0 Å². The number of carbonyl (C=O) groups excluding carboxylic acids is 2. The molecule has 0 aliphatic carbocycles. The molecule has 0 bridgehead atoms. The van der Waals surface area contributed by atoms with Gasteiger partial charge >= 0.3 is 11.9 Å². The molecule has 3 rings (SSSR count). The number of anilines is 1. The zero-order valence-corrected chi connectivity index (χ0v) is 13.4. The van der Waals surface area contributed by atoms with Crippen LogP contribution in [0.3, 0.4) is 0 Å². The van der Waals surface area contributed by atoms with Crippen molar-refractivity contribution in [2.45, 2.75) is 31.7 Å². The van der Waals surface area contributed by atoms with Crippen LogP contribution in [0.25, 0.3) is 0 Å². The van der Waals surface area contributed by atoms with Crippen LogP contribution in [0.2, 0.25) is 0 Å². The summed E-state index contributed by atoms with van der Waals surface area (Å²) in [4.78, 5) is 25.3. The summed E-state index contributed by atoms with van der Waals surface area (Å²) in [6.45, 7) is 4.47. The predicted octanol–water partition coefficient (Wildman–Crippen LogP) is 0.994. The van der Waals surface area contributed by atoms with Crippen molar-refractivity contribution in [3.8, 4) is 0 Å². The lowest BCUT2D eigenvalue weighted by molar-refractivity contribution is -0.160. The fourth-order valence-electron chi connectivity index (χ4n) is 3.58. The first-order valence-electron chi connectivity index (χ1n) is 8.13. The first-order chi connectivity index (χ1) is 11.1. The molecule has 23 heavy (non-hydrogen) atoms. The Morgan fingerprint density at radius 2 is 2.09 bits per heavy atom. The highest BCUT2D eigenvalue weighted by atomic mass is 16.5. The van der Waals surface area contributed by atoms with Crippen molar-refractivity contribution in [3.05, 3.63) is 29.3 Å². The lowest BCUT2D eigenvalue weighted by Gasteiger charge is -2.39. The topological polar surface area (TPSA) is 84.7 Å². The number of rotatable bonds is 2. The van der Waals surface area contributed by atoms with Crippen molar-refractivity contribution in [3.63, 3.8) is 0 Å². The van der Waals surface area contributed by atoms with E-state index in [1.165, 1.54) is 5.56 Å². The van der Waals surface area contributed by atoms with Crippen LogP contribution in [0.1, 0.15) is 30.9 Å². The summed E-state index contributed by atoms with van der Waals surface area (Å²) in [5, 5.41) is 3.46. The Labute approximate surface area is 136 Å². The minimum absolute atomic E-state index is 0.0337. The highest BCUT2D eigenvalue weighted by molar-refractivity contribution is 6.32. The molecule has 1 saturated heterocycles. The number of fused-ring (bicyclic) bond motifs is 2. The Morgan fingerprint density at radius 3 is 2.74 bits per heavy atom. The van der Waals surface area contributed by atoms with Gasteiger partial charge in [-0.15, -0.1) is 0 Å². The molecule has 2 aliphatic heterocycles. The van der Waals surface area contributed by atoms with Crippen LogP contribution in [0, 0.1) is 0 Å². The minimum Gasteiger partial charge on any atom is -0.459 e.